The van der Waals surface area contributed by atoms with Crippen molar-refractivity contribution in [3.63, 3.8) is 0 Å². The number of hydrazine groups is 1. The summed E-state index contributed by atoms with van der Waals surface area (Å²) in [7, 11) is 0. The van der Waals surface area contributed by atoms with Gasteiger partial charge < -0.3 is 4.42 Å². The normalized spacial score (nSPS) is 10.4. The quantitative estimate of drug-likeness (QED) is 0.516. The smallest absolute Gasteiger partial charge is 0.305 e. The number of amides is 2. The Hall–Kier alpha value is -3.13. The molecule has 2 amide bonds. The number of benzene rings is 2. The van der Waals surface area contributed by atoms with Gasteiger partial charge in [-0.3, -0.25) is 20.4 Å². The monoisotopic (exact) mass is 388 g/mol. The third kappa shape index (κ3) is 4.95. The maximum atomic E-state index is 13.5. The molecule has 0 atom stereocenters. The Morgan fingerprint density at radius 2 is 1.67 bits per heavy atom. The van der Waals surface area contributed by atoms with Gasteiger partial charge in [-0.05, 0) is 48.5 Å². The van der Waals surface area contributed by atoms with E-state index in [-0.39, 0.29) is 17.3 Å². The molecule has 0 spiro atoms. The summed E-state index contributed by atoms with van der Waals surface area (Å²) in [6, 6.07) is 14.7. The van der Waals surface area contributed by atoms with E-state index >= 15 is 0 Å². The van der Waals surface area contributed by atoms with Gasteiger partial charge in [0.25, 0.3) is 0 Å². The standard InChI is InChI=1S/C19H14F2N2O3S/c20-13-7-5-12(6-8-13)15-9-10-16(26-15)19(25)23-22-18(24)11-27-17-4-2-1-3-14(17)21/h1-10H,11H2,(H,22,24)(H,23,25). The topological polar surface area (TPSA) is 71.3 Å². The zero-order chi connectivity index (χ0) is 19.2. The molecule has 1 aromatic heterocycles. The Bertz CT molecular complexity index is 958. The number of furan rings is 1. The number of hydrogen-bond acceptors (Lipinski definition) is 4. The molecule has 0 aliphatic rings. The van der Waals surface area contributed by atoms with Gasteiger partial charge in [0.2, 0.25) is 5.91 Å². The van der Waals surface area contributed by atoms with E-state index in [0.29, 0.717) is 16.2 Å². The van der Waals surface area contributed by atoms with Crippen molar-refractivity contribution in [2.75, 3.05) is 5.75 Å². The van der Waals surface area contributed by atoms with Crippen LogP contribution in [0.25, 0.3) is 11.3 Å². The van der Waals surface area contributed by atoms with Crippen LogP contribution in [0, 0.1) is 11.6 Å². The summed E-state index contributed by atoms with van der Waals surface area (Å²) in [5, 5.41) is 0. The van der Waals surface area contributed by atoms with E-state index in [2.05, 4.69) is 10.9 Å². The minimum atomic E-state index is -0.646. The summed E-state index contributed by atoms with van der Waals surface area (Å²) in [6.45, 7) is 0. The highest BCUT2D eigenvalue weighted by Crippen LogP contribution is 2.22. The number of halogens is 2. The molecular formula is C19H14F2N2O3S. The number of rotatable bonds is 5. The molecule has 2 aromatic carbocycles. The van der Waals surface area contributed by atoms with E-state index in [9.17, 15) is 18.4 Å². The van der Waals surface area contributed by atoms with Gasteiger partial charge in [0, 0.05) is 10.5 Å². The van der Waals surface area contributed by atoms with Crippen molar-refractivity contribution in [2.24, 2.45) is 0 Å². The summed E-state index contributed by atoms with van der Waals surface area (Å²) in [5.74, 6) is -1.63. The molecule has 0 saturated heterocycles. The van der Waals surface area contributed by atoms with Gasteiger partial charge in [-0.15, -0.1) is 11.8 Å². The van der Waals surface area contributed by atoms with Gasteiger partial charge >= 0.3 is 5.91 Å². The lowest BCUT2D eigenvalue weighted by molar-refractivity contribution is -0.119. The number of carbonyl (C=O) groups excluding carboxylic acids is 2. The van der Waals surface area contributed by atoms with E-state index in [4.69, 9.17) is 4.42 Å². The second kappa shape index (κ2) is 8.50. The summed E-state index contributed by atoms with van der Waals surface area (Å²) in [6.07, 6.45) is 0. The highest BCUT2D eigenvalue weighted by molar-refractivity contribution is 8.00. The van der Waals surface area contributed by atoms with E-state index in [1.54, 1.807) is 24.3 Å². The van der Waals surface area contributed by atoms with E-state index in [1.165, 1.54) is 36.4 Å². The fraction of sp³-hybridized carbons (Fsp3) is 0.0526. The average Bonchev–Trinajstić information content (AvgIpc) is 3.16. The minimum Gasteiger partial charge on any atom is -0.451 e. The van der Waals surface area contributed by atoms with Gasteiger partial charge in [0.1, 0.15) is 17.4 Å². The zero-order valence-electron chi connectivity index (χ0n) is 13.9. The van der Waals surface area contributed by atoms with Crippen LogP contribution in [0.2, 0.25) is 0 Å². The van der Waals surface area contributed by atoms with Crippen molar-refractivity contribution in [3.05, 3.63) is 78.1 Å². The molecule has 0 bridgehead atoms. The lowest BCUT2D eigenvalue weighted by atomic mass is 10.2. The SMILES string of the molecule is O=C(CSc1ccccc1F)NNC(=O)c1ccc(-c2ccc(F)cc2)o1. The Morgan fingerprint density at radius 1 is 0.926 bits per heavy atom. The van der Waals surface area contributed by atoms with Gasteiger partial charge in [0.05, 0.1) is 5.75 Å². The van der Waals surface area contributed by atoms with Crippen LogP contribution in [0.15, 0.2) is 70.0 Å². The number of nitrogens with one attached hydrogen (secondary N) is 2. The fourth-order valence-corrected chi connectivity index (χ4v) is 2.90. The molecular weight excluding hydrogens is 374 g/mol. The first-order valence-electron chi connectivity index (χ1n) is 7.85. The highest BCUT2D eigenvalue weighted by atomic mass is 32.2. The van der Waals surface area contributed by atoms with Gasteiger partial charge in [0.15, 0.2) is 5.76 Å². The molecule has 0 saturated carbocycles. The Morgan fingerprint density at radius 3 is 2.41 bits per heavy atom. The second-order valence-electron chi connectivity index (χ2n) is 5.39. The molecule has 138 valence electrons. The Labute approximate surface area is 157 Å². The van der Waals surface area contributed by atoms with Crippen LogP contribution in [0.5, 0.6) is 0 Å². The molecule has 0 aliphatic heterocycles. The van der Waals surface area contributed by atoms with Crippen molar-refractivity contribution >= 4 is 23.6 Å². The molecule has 0 radical (unpaired) electrons. The van der Waals surface area contributed by atoms with Gasteiger partial charge in [-0.25, -0.2) is 8.78 Å². The van der Waals surface area contributed by atoms with Crippen molar-refractivity contribution in [3.8, 4) is 11.3 Å². The van der Waals surface area contributed by atoms with Crippen molar-refractivity contribution in [2.45, 2.75) is 4.90 Å². The maximum Gasteiger partial charge on any atom is 0.305 e. The lowest BCUT2D eigenvalue weighted by Crippen LogP contribution is -2.42. The number of carbonyl (C=O) groups is 2. The molecule has 1 heterocycles. The van der Waals surface area contributed by atoms with Crippen LogP contribution in [0.1, 0.15) is 10.6 Å². The first kappa shape index (κ1) is 18.7. The molecule has 8 heteroatoms. The van der Waals surface area contributed by atoms with Gasteiger partial charge in [-0.1, -0.05) is 12.1 Å². The van der Waals surface area contributed by atoms with Crippen LogP contribution in [-0.4, -0.2) is 17.6 Å². The number of thioether (sulfide) groups is 1. The highest BCUT2D eigenvalue weighted by Gasteiger charge is 2.13. The van der Waals surface area contributed by atoms with Crippen LogP contribution >= 0.6 is 11.8 Å². The third-order valence-corrected chi connectivity index (χ3v) is 4.52. The molecule has 3 rings (SSSR count). The van der Waals surface area contributed by atoms with Crippen LogP contribution in [0.4, 0.5) is 8.78 Å². The van der Waals surface area contributed by atoms with E-state index in [0.717, 1.165) is 11.8 Å². The van der Waals surface area contributed by atoms with Crippen molar-refractivity contribution in [1.29, 1.82) is 0 Å². The van der Waals surface area contributed by atoms with Gasteiger partial charge in [-0.2, -0.15) is 0 Å². The lowest BCUT2D eigenvalue weighted by Gasteiger charge is -2.06. The van der Waals surface area contributed by atoms with Crippen LogP contribution in [0.3, 0.4) is 0 Å². The minimum absolute atomic E-state index is 0.0172. The molecule has 2 N–H and O–H groups in total. The maximum absolute atomic E-state index is 13.5. The second-order valence-corrected chi connectivity index (χ2v) is 6.41. The first-order valence-corrected chi connectivity index (χ1v) is 8.84. The molecule has 0 unspecified atom stereocenters. The average molecular weight is 388 g/mol. The molecule has 0 aliphatic carbocycles. The first-order chi connectivity index (χ1) is 13.0. The molecule has 3 aromatic rings. The Balaban J connectivity index is 1.51. The Kier molecular flexibility index (Phi) is 5.87. The molecule has 0 fully saturated rings. The van der Waals surface area contributed by atoms with E-state index < -0.39 is 17.6 Å². The third-order valence-electron chi connectivity index (χ3n) is 3.47. The van der Waals surface area contributed by atoms with Crippen molar-refractivity contribution in [1.82, 2.24) is 10.9 Å². The molecule has 27 heavy (non-hydrogen) atoms. The summed E-state index contributed by atoms with van der Waals surface area (Å²) >= 11 is 1.01. The largest absolute Gasteiger partial charge is 0.451 e. The predicted molar refractivity (Wildman–Crippen MR) is 96.8 cm³/mol. The zero-order valence-corrected chi connectivity index (χ0v) is 14.7. The summed E-state index contributed by atoms with van der Waals surface area (Å²) in [4.78, 5) is 24.2. The fourth-order valence-electron chi connectivity index (χ4n) is 2.16. The van der Waals surface area contributed by atoms with Crippen LogP contribution in [-0.2, 0) is 4.79 Å². The summed E-state index contributed by atoms with van der Waals surface area (Å²) < 4.78 is 31.8. The van der Waals surface area contributed by atoms with Crippen LogP contribution < -0.4 is 10.9 Å². The number of hydrogen-bond donors (Lipinski definition) is 2. The molecule has 5 nitrogen and oxygen atoms in total. The van der Waals surface area contributed by atoms with E-state index in [1.807, 2.05) is 0 Å². The predicted octanol–water partition coefficient (Wildman–Crippen LogP) is 3.78. The van der Waals surface area contributed by atoms with Crippen molar-refractivity contribution < 1.29 is 22.8 Å². The summed E-state index contributed by atoms with van der Waals surface area (Å²) in [5.41, 5.74) is 5.07.